The highest BCUT2D eigenvalue weighted by Gasteiger charge is 2.15. The molecular weight excluding hydrogens is 294 g/mol. The molecule has 7 nitrogen and oxygen atoms in total. The van der Waals surface area contributed by atoms with Crippen molar-refractivity contribution in [1.82, 2.24) is 19.7 Å². The van der Waals surface area contributed by atoms with E-state index in [-0.39, 0.29) is 6.79 Å². The number of nitrogens with one attached hydrogen (secondary N) is 1. The second-order valence-corrected chi connectivity index (χ2v) is 5.57. The molecule has 1 N–H and O–H groups in total. The van der Waals surface area contributed by atoms with E-state index >= 15 is 0 Å². The van der Waals surface area contributed by atoms with Crippen molar-refractivity contribution in [2.24, 2.45) is 7.05 Å². The highest BCUT2D eigenvalue weighted by Crippen LogP contribution is 2.32. The summed E-state index contributed by atoms with van der Waals surface area (Å²) in [6, 6.07) is 5.92. The van der Waals surface area contributed by atoms with Crippen molar-refractivity contribution in [3.8, 4) is 11.5 Å². The predicted molar refractivity (Wildman–Crippen MR) is 85.7 cm³/mol. The number of nitrogens with zero attached hydrogens (tertiary/aromatic N) is 4. The Labute approximate surface area is 133 Å². The molecule has 0 aliphatic carbocycles. The van der Waals surface area contributed by atoms with Gasteiger partial charge >= 0.3 is 0 Å². The summed E-state index contributed by atoms with van der Waals surface area (Å²) in [7, 11) is 1.90. The fourth-order valence-electron chi connectivity index (χ4n) is 2.81. The molecule has 4 rings (SSSR count). The summed E-state index contributed by atoms with van der Waals surface area (Å²) in [6.07, 6.45) is 0. The topological polar surface area (TPSA) is 74.1 Å². The standard InChI is InChI=1S/C16H17N5O2/c1-9-14-15(21(3)20-9)16(19-10(2)18-14)17-7-11-4-5-12-13(6-11)23-8-22-12/h4-6H,7-8H2,1-3H3,(H,17,18,19). The average molecular weight is 311 g/mol. The molecule has 0 amide bonds. The summed E-state index contributed by atoms with van der Waals surface area (Å²) in [6.45, 7) is 4.76. The number of ether oxygens (including phenoxy) is 2. The van der Waals surface area contributed by atoms with Crippen molar-refractivity contribution >= 4 is 16.9 Å². The molecule has 1 aliphatic rings. The lowest BCUT2D eigenvalue weighted by Crippen LogP contribution is -2.06. The van der Waals surface area contributed by atoms with Crippen molar-refractivity contribution in [3.05, 3.63) is 35.3 Å². The van der Waals surface area contributed by atoms with Crippen molar-refractivity contribution < 1.29 is 9.47 Å². The molecule has 23 heavy (non-hydrogen) atoms. The Morgan fingerprint density at radius 3 is 2.87 bits per heavy atom. The summed E-state index contributed by atoms with van der Waals surface area (Å²) >= 11 is 0. The molecule has 0 atom stereocenters. The number of fused-ring (bicyclic) bond motifs is 2. The van der Waals surface area contributed by atoms with Crippen molar-refractivity contribution in [1.29, 1.82) is 0 Å². The molecular formula is C16H17N5O2. The minimum absolute atomic E-state index is 0.284. The van der Waals surface area contributed by atoms with Crippen molar-refractivity contribution in [2.45, 2.75) is 20.4 Å². The van der Waals surface area contributed by atoms with Crippen LogP contribution in [0.15, 0.2) is 18.2 Å². The van der Waals surface area contributed by atoms with Crippen LogP contribution in [0.3, 0.4) is 0 Å². The maximum absolute atomic E-state index is 5.41. The van der Waals surface area contributed by atoms with Gasteiger partial charge in [-0.05, 0) is 31.5 Å². The van der Waals surface area contributed by atoms with Gasteiger partial charge in [0.1, 0.15) is 16.9 Å². The Hall–Kier alpha value is -2.83. The van der Waals surface area contributed by atoms with Gasteiger partial charge in [-0.2, -0.15) is 5.10 Å². The predicted octanol–water partition coefficient (Wildman–Crippen LogP) is 2.32. The first kappa shape index (κ1) is 13.8. The Morgan fingerprint density at radius 1 is 1.17 bits per heavy atom. The molecule has 3 aromatic rings. The number of rotatable bonds is 3. The fourth-order valence-corrected chi connectivity index (χ4v) is 2.81. The zero-order valence-electron chi connectivity index (χ0n) is 13.3. The van der Waals surface area contributed by atoms with Crippen LogP contribution in [0.4, 0.5) is 5.82 Å². The van der Waals surface area contributed by atoms with Gasteiger partial charge in [0, 0.05) is 13.6 Å². The number of benzene rings is 1. The van der Waals surface area contributed by atoms with E-state index in [4.69, 9.17) is 9.47 Å². The molecule has 7 heteroatoms. The Kier molecular flexibility index (Phi) is 3.07. The maximum atomic E-state index is 5.41. The third-order valence-corrected chi connectivity index (χ3v) is 3.86. The van der Waals surface area contributed by atoms with Crippen molar-refractivity contribution in [2.75, 3.05) is 12.1 Å². The second kappa shape index (κ2) is 5.12. The molecule has 0 unspecified atom stereocenters. The van der Waals surface area contributed by atoms with E-state index in [0.29, 0.717) is 6.54 Å². The minimum Gasteiger partial charge on any atom is -0.454 e. The first-order chi connectivity index (χ1) is 11.1. The van der Waals surface area contributed by atoms with Crippen LogP contribution in [0.5, 0.6) is 11.5 Å². The van der Waals surface area contributed by atoms with E-state index < -0.39 is 0 Å². The number of aryl methyl sites for hydroxylation is 3. The summed E-state index contributed by atoms with van der Waals surface area (Å²) in [5.74, 6) is 3.08. The molecule has 0 saturated carbocycles. The minimum atomic E-state index is 0.284. The van der Waals surface area contributed by atoms with Gasteiger partial charge in [-0.25, -0.2) is 9.97 Å². The summed E-state index contributed by atoms with van der Waals surface area (Å²) in [5, 5.41) is 7.81. The van der Waals surface area contributed by atoms with Crippen LogP contribution in [0.2, 0.25) is 0 Å². The Morgan fingerprint density at radius 2 is 2.00 bits per heavy atom. The molecule has 0 spiro atoms. The highest BCUT2D eigenvalue weighted by atomic mass is 16.7. The molecule has 0 bridgehead atoms. The van der Waals surface area contributed by atoms with E-state index in [0.717, 1.165) is 45.4 Å². The van der Waals surface area contributed by atoms with E-state index in [1.165, 1.54) is 0 Å². The second-order valence-electron chi connectivity index (χ2n) is 5.57. The third kappa shape index (κ3) is 2.34. The first-order valence-electron chi connectivity index (χ1n) is 7.42. The number of hydrogen-bond donors (Lipinski definition) is 1. The van der Waals surface area contributed by atoms with E-state index in [9.17, 15) is 0 Å². The molecule has 118 valence electrons. The molecule has 0 fully saturated rings. The third-order valence-electron chi connectivity index (χ3n) is 3.86. The summed E-state index contributed by atoms with van der Waals surface area (Å²) in [4.78, 5) is 9.01. The van der Waals surface area contributed by atoms with Gasteiger partial charge in [-0.1, -0.05) is 6.07 Å². The SMILES string of the molecule is Cc1nc(NCc2ccc3c(c2)OCO3)c2c(n1)c(C)nn2C. The Balaban J connectivity index is 1.65. The van der Waals surface area contributed by atoms with E-state index in [2.05, 4.69) is 20.4 Å². The summed E-state index contributed by atoms with van der Waals surface area (Å²) in [5.41, 5.74) is 3.79. The largest absolute Gasteiger partial charge is 0.454 e. The zero-order chi connectivity index (χ0) is 16.0. The quantitative estimate of drug-likeness (QED) is 0.800. The van der Waals surface area contributed by atoms with Crippen LogP contribution in [0.25, 0.3) is 11.0 Å². The lowest BCUT2D eigenvalue weighted by Gasteiger charge is -2.09. The van der Waals surface area contributed by atoms with Gasteiger partial charge in [0.15, 0.2) is 17.3 Å². The molecule has 2 aromatic heterocycles. The van der Waals surface area contributed by atoms with E-state index in [1.807, 2.05) is 43.8 Å². The van der Waals surface area contributed by atoms with Crippen molar-refractivity contribution in [3.63, 3.8) is 0 Å². The molecule has 1 aromatic carbocycles. The number of hydrogen-bond acceptors (Lipinski definition) is 6. The van der Waals surface area contributed by atoms with Crippen LogP contribution < -0.4 is 14.8 Å². The van der Waals surface area contributed by atoms with Gasteiger partial charge < -0.3 is 14.8 Å². The van der Waals surface area contributed by atoms with Crippen LogP contribution in [-0.2, 0) is 13.6 Å². The van der Waals surface area contributed by atoms with Crippen LogP contribution >= 0.6 is 0 Å². The van der Waals surface area contributed by atoms with Crippen LogP contribution in [-0.4, -0.2) is 26.5 Å². The number of aromatic nitrogens is 4. The summed E-state index contributed by atoms with van der Waals surface area (Å²) < 4.78 is 12.6. The van der Waals surface area contributed by atoms with Gasteiger partial charge in [-0.3, -0.25) is 4.68 Å². The van der Waals surface area contributed by atoms with Gasteiger partial charge in [0.05, 0.1) is 5.69 Å². The monoisotopic (exact) mass is 311 g/mol. The van der Waals surface area contributed by atoms with Gasteiger partial charge in [0.2, 0.25) is 6.79 Å². The zero-order valence-corrected chi connectivity index (χ0v) is 13.3. The lowest BCUT2D eigenvalue weighted by molar-refractivity contribution is 0.174. The highest BCUT2D eigenvalue weighted by molar-refractivity contribution is 5.87. The number of anilines is 1. The molecule has 0 saturated heterocycles. The molecule has 1 aliphatic heterocycles. The maximum Gasteiger partial charge on any atom is 0.231 e. The smallest absolute Gasteiger partial charge is 0.231 e. The van der Waals surface area contributed by atoms with Gasteiger partial charge in [-0.15, -0.1) is 0 Å². The fraction of sp³-hybridized carbons (Fsp3) is 0.312. The molecule has 3 heterocycles. The van der Waals surface area contributed by atoms with Crippen LogP contribution in [0.1, 0.15) is 17.1 Å². The normalized spacial score (nSPS) is 12.8. The lowest BCUT2D eigenvalue weighted by atomic mass is 10.2. The van der Waals surface area contributed by atoms with E-state index in [1.54, 1.807) is 0 Å². The Bertz CT molecular complexity index is 903. The van der Waals surface area contributed by atoms with Crippen LogP contribution in [0, 0.1) is 13.8 Å². The first-order valence-corrected chi connectivity index (χ1v) is 7.42. The van der Waals surface area contributed by atoms with Gasteiger partial charge in [0.25, 0.3) is 0 Å². The molecule has 0 radical (unpaired) electrons. The average Bonchev–Trinajstić information content (AvgIpc) is 3.09.